The number of hydrogen-bond donors (Lipinski definition) is 3. The first-order valence-electron chi connectivity index (χ1n) is 11.4. The van der Waals surface area contributed by atoms with Gasteiger partial charge in [-0.25, -0.2) is 4.98 Å². The zero-order valence-electron chi connectivity index (χ0n) is 20.4. The van der Waals surface area contributed by atoms with Gasteiger partial charge in [0.25, 0.3) is 5.91 Å². The van der Waals surface area contributed by atoms with Crippen LogP contribution in [0.3, 0.4) is 0 Å². The highest BCUT2D eigenvalue weighted by atomic mass is 79.9. The van der Waals surface area contributed by atoms with Crippen LogP contribution in [-0.4, -0.2) is 21.4 Å². The van der Waals surface area contributed by atoms with Crippen LogP contribution in [0.2, 0.25) is 5.02 Å². The van der Waals surface area contributed by atoms with E-state index in [4.69, 9.17) is 11.6 Å². The van der Waals surface area contributed by atoms with Gasteiger partial charge in [-0.05, 0) is 60.2 Å². The number of rotatable bonds is 6. The number of aryl methyl sites for hydroxylation is 1. The fraction of sp³-hybridized carbons (Fsp3) is 0.222. The molecule has 0 spiro atoms. The maximum Gasteiger partial charge on any atom is 0.255 e. The summed E-state index contributed by atoms with van der Waals surface area (Å²) in [6.45, 7) is 6.01. The Hall–Kier alpha value is -3.36. The van der Waals surface area contributed by atoms with E-state index in [2.05, 4.69) is 36.9 Å². The van der Waals surface area contributed by atoms with Crippen LogP contribution < -0.4 is 16.0 Å². The van der Waals surface area contributed by atoms with Crippen molar-refractivity contribution in [1.82, 2.24) is 14.9 Å². The molecule has 4 aromatic rings. The summed E-state index contributed by atoms with van der Waals surface area (Å²) in [6, 6.07) is 18.3. The van der Waals surface area contributed by atoms with Gasteiger partial charge in [-0.2, -0.15) is 0 Å². The van der Waals surface area contributed by atoms with Crippen molar-refractivity contribution >= 4 is 67.7 Å². The van der Waals surface area contributed by atoms with Crippen molar-refractivity contribution in [2.75, 3.05) is 10.6 Å². The lowest BCUT2D eigenvalue weighted by molar-refractivity contribution is -0.128. The van der Waals surface area contributed by atoms with Crippen LogP contribution in [0.4, 0.5) is 17.3 Å². The molecule has 0 radical (unpaired) electrons. The normalized spacial score (nSPS) is 11.4. The topological polar surface area (TPSA) is 88.1 Å². The van der Waals surface area contributed by atoms with Crippen molar-refractivity contribution in [2.45, 2.75) is 27.3 Å². The molecule has 1 heterocycles. The molecule has 36 heavy (non-hydrogen) atoms. The van der Waals surface area contributed by atoms with E-state index >= 15 is 0 Å². The van der Waals surface area contributed by atoms with Crippen LogP contribution >= 0.6 is 27.5 Å². The first-order chi connectivity index (χ1) is 17.0. The quantitative estimate of drug-likeness (QED) is 0.243. The molecule has 0 unspecified atom stereocenters. The van der Waals surface area contributed by atoms with Gasteiger partial charge in [-0.3, -0.25) is 9.59 Å². The first-order valence-corrected chi connectivity index (χ1v) is 12.6. The van der Waals surface area contributed by atoms with Crippen molar-refractivity contribution in [2.24, 2.45) is 12.5 Å². The van der Waals surface area contributed by atoms with Crippen LogP contribution in [0.1, 0.15) is 36.7 Å². The predicted molar refractivity (Wildman–Crippen MR) is 149 cm³/mol. The molecule has 0 atom stereocenters. The summed E-state index contributed by atoms with van der Waals surface area (Å²) in [4.78, 5) is 29.7. The molecule has 7 nitrogen and oxygen atoms in total. The van der Waals surface area contributed by atoms with E-state index in [1.807, 2.05) is 74.9 Å². The second-order valence-corrected chi connectivity index (χ2v) is 10.9. The third-order valence-electron chi connectivity index (χ3n) is 5.66. The number of amides is 2. The van der Waals surface area contributed by atoms with Crippen molar-refractivity contribution in [1.29, 1.82) is 0 Å². The largest absolute Gasteiger partial charge is 0.352 e. The van der Waals surface area contributed by atoms with Gasteiger partial charge in [0.1, 0.15) is 0 Å². The van der Waals surface area contributed by atoms with Gasteiger partial charge in [-0.1, -0.05) is 54.4 Å². The summed E-state index contributed by atoms with van der Waals surface area (Å²) < 4.78 is 2.84. The van der Waals surface area contributed by atoms with E-state index in [0.717, 1.165) is 15.6 Å². The van der Waals surface area contributed by atoms with Gasteiger partial charge in [0.2, 0.25) is 11.9 Å². The molecule has 1 aromatic heterocycles. The number of carbonyl (C=O) groups excluding carboxylic acids is 2. The van der Waals surface area contributed by atoms with Crippen LogP contribution in [0.15, 0.2) is 65.1 Å². The number of imidazole rings is 1. The molecule has 0 saturated heterocycles. The number of nitrogens with one attached hydrogen (secondary N) is 3. The summed E-state index contributed by atoms with van der Waals surface area (Å²) in [6.07, 6.45) is 0. The fourth-order valence-electron chi connectivity index (χ4n) is 3.54. The number of anilines is 3. The molecule has 4 rings (SSSR count). The highest BCUT2D eigenvalue weighted by Crippen LogP contribution is 2.29. The zero-order chi connectivity index (χ0) is 26.0. The van der Waals surface area contributed by atoms with E-state index < -0.39 is 5.41 Å². The van der Waals surface area contributed by atoms with Crippen molar-refractivity contribution in [3.8, 4) is 0 Å². The molecule has 0 aliphatic heterocycles. The minimum atomic E-state index is -0.464. The highest BCUT2D eigenvalue weighted by Gasteiger charge is 2.20. The predicted octanol–water partition coefficient (Wildman–Crippen LogP) is 6.65. The lowest BCUT2D eigenvalue weighted by Crippen LogP contribution is -2.34. The molecule has 186 valence electrons. The Morgan fingerprint density at radius 1 is 1.03 bits per heavy atom. The van der Waals surface area contributed by atoms with E-state index in [1.54, 1.807) is 18.2 Å². The Labute approximate surface area is 223 Å². The van der Waals surface area contributed by atoms with E-state index in [9.17, 15) is 9.59 Å². The molecule has 3 aromatic carbocycles. The fourth-order valence-corrected chi connectivity index (χ4v) is 3.96. The number of benzene rings is 3. The van der Waals surface area contributed by atoms with Crippen LogP contribution in [0.25, 0.3) is 11.0 Å². The third kappa shape index (κ3) is 5.88. The summed E-state index contributed by atoms with van der Waals surface area (Å²) in [5.41, 5.74) is 3.87. The standard InChI is InChI=1S/C27H27BrClN5O2/c1-27(2,3)25(36)30-15-16-5-11-20(29)21(13-16)32-26-33-22-14-17(6-12-23(22)34(26)4)24(35)31-19-9-7-18(28)8-10-19/h5-14H,15H2,1-4H3,(H,30,36)(H,31,35)(H,32,33). The van der Waals surface area contributed by atoms with Gasteiger partial charge in [0, 0.05) is 34.7 Å². The smallest absolute Gasteiger partial charge is 0.255 e. The first kappa shape index (κ1) is 25.7. The number of halogens is 2. The lowest BCUT2D eigenvalue weighted by Gasteiger charge is -2.18. The number of aromatic nitrogens is 2. The van der Waals surface area contributed by atoms with Gasteiger partial charge in [0.05, 0.1) is 21.7 Å². The Balaban J connectivity index is 1.53. The Morgan fingerprint density at radius 3 is 2.44 bits per heavy atom. The molecule has 0 aliphatic carbocycles. The third-order valence-corrected chi connectivity index (χ3v) is 6.51. The van der Waals surface area contributed by atoms with Crippen molar-refractivity contribution in [3.63, 3.8) is 0 Å². The zero-order valence-corrected chi connectivity index (χ0v) is 22.8. The van der Waals surface area contributed by atoms with Crippen LogP contribution in [0.5, 0.6) is 0 Å². The Kier molecular flexibility index (Phi) is 7.38. The van der Waals surface area contributed by atoms with Crippen LogP contribution in [-0.2, 0) is 18.4 Å². The van der Waals surface area contributed by atoms with E-state index in [1.165, 1.54) is 0 Å². The second-order valence-electron chi connectivity index (χ2n) is 9.53. The maximum atomic E-state index is 12.8. The molecule has 0 aliphatic rings. The number of hydrogen-bond acceptors (Lipinski definition) is 4. The van der Waals surface area contributed by atoms with Gasteiger partial charge < -0.3 is 20.5 Å². The van der Waals surface area contributed by atoms with Crippen LogP contribution in [0, 0.1) is 5.41 Å². The molecule has 2 amide bonds. The van der Waals surface area contributed by atoms with E-state index in [0.29, 0.717) is 40.0 Å². The number of fused-ring (bicyclic) bond motifs is 1. The molecular weight excluding hydrogens is 542 g/mol. The average Bonchev–Trinajstić information content (AvgIpc) is 3.14. The number of carbonyl (C=O) groups is 2. The lowest BCUT2D eigenvalue weighted by atomic mass is 9.95. The second kappa shape index (κ2) is 10.3. The Bertz CT molecular complexity index is 1440. The monoisotopic (exact) mass is 567 g/mol. The highest BCUT2D eigenvalue weighted by molar-refractivity contribution is 9.10. The minimum Gasteiger partial charge on any atom is -0.352 e. The summed E-state index contributed by atoms with van der Waals surface area (Å²) in [5, 5.41) is 9.66. The van der Waals surface area contributed by atoms with E-state index in [-0.39, 0.29) is 11.8 Å². The molecule has 9 heteroatoms. The molecule has 3 N–H and O–H groups in total. The summed E-state index contributed by atoms with van der Waals surface area (Å²) >= 11 is 9.83. The number of nitrogens with zero attached hydrogens (tertiary/aromatic N) is 2. The Morgan fingerprint density at radius 2 is 1.75 bits per heavy atom. The average molecular weight is 569 g/mol. The summed E-state index contributed by atoms with van der Waals surface area (Å²) in [7, 11) is 1.89. The van der Waals surface area contributed by atoms with Crippen molar-refractivity contribution < 1.29 is 9.59 Å². The summed E-state index contributed by atoms with van der Waals surface area (Å²) in [5.74, 6) is 0.336. The molecule has 0 fully saturated rings. The minimum absolute atomic E-state index is 0.0257. The molecule has 0 saturated carbocycles. The van der Waals surface area contributed by atoms with Gasteiger partial charge >= 0.3 is 0 Å². The molecular formula is C27H27BrClN5O2. The van der Waals surface area contributed by atoms with Gasteiger partial charge in [-0.15, -0.1) is 0 Å². The SMILES string of the molecule is Cn1c(Nc2cc(CNC(=O)C(C)(C)C)ccc2Cl)nc2cc(C(=O)Nc3ccc(Br)cc3)ccc21. The molecule has 0 bridgehead atoms. The van der Waals surface area contributed by atoms with Crippen molar-refractivity contribution in [3.05, 3.63) is 81.3 Å². The maximum absolute atomic E-state index is 12.8. The van der Waals surface area contributed by atoms with Gasteiger partial charge in [0.15, 0.2) is 0 Å².